The minimum atomic E-state index is -4.02. The summed E-state index contributed by atoms with van der Waals surface area (Å²) in [6.45, 7) is 8.70. The van der Waals surface area contributed by atoms with Gasteiger partial charge in [0.25, 0.3) is 0 Å². The summed E-state index contributed by atoms with van der Waals surface area (Å²) in [7, 11) is -2.41. The number of carbonyl (C=O) groups is 1. The van der Waals surface area contributed by atoms with Gasteiger partial charge in [0.1, 0.15) is 0 Å². The van der Waals surface area contributed by atoms with Gasteiger partial charge in [-0.15, -0.1) is 0 Å². The Bertz CT molecular complexity index is 332. The fourth-order valence-corrected chi connectivity index (χ4v) is 1.99. The van der Waals surface area contributed by atoms with Crippen molar-refractivity contribution in [1.82, 2.24) is 4.90 Å². The molecule has 0 fully saturated rings. The van der Waals surface area contributed by atoms with Crippen molar-refractivity contribution in [3.05, 3.63) is 12.2 Å². The monoisotopic (exact) mass is 249 g/mol. The third-order valence-electron chi connectivity index (χ3n) is 2.59. The van der Waals surface area contributed by atoms with Gasteiger partial charge in [-0.2, -0.15) is 0 Å². The standard InChI is InChI=1S/C10H20NO4P/c1-8(2)9(12)11(5)10(3,4)6-7-16(13,14)15/h1,6-7H2,2-5H3,(H2,13,14,15). The molecule has 2 N–H and O–H groups in total. The Labute approximate surface area is 96.3 Å². The summed E-state index contributed by atoms with van der Waals surface area (Å²) < 4.78 is 10.8. The summed E-state index contributed by atoms with van der Waals surface area (Å²) in [6.07, 6.45) is 0.0145. The van der Waals surface area contributed by atoms with Crippen molar-refractivity contribution in [3.63, 3.8) is 0 Å². The second-order valence-corrected chi connectivity index (χ2v) is 6.37. The van der Waals surface area contributed by atoms with Crippen LogP contribution in [0, 0.1) is 0 Å². The van der Waals surface area contributed by atoms with Gasteiger partial charge in [0, 0.05) is 18.2 Å². The maximum absolute atomic E-state index is 11.6. The largest absolute Gasteiger partial charge is 0.337 e. The summed E-state index contributed by atoms with van der Waals surface area (Å²) in [6, 6.07) is 0. The van der Waals surface area contributed by atoms with E-state index in [1.807, 2.05) is 0 Å². The number of rotatable bonds is 5. The minimum absolute atomic E-state index is 0.212. The second kappa shape index (κ2) is 5.13. The molecule has 0 aliphatic rings. The maximum Gasteiger partial charge on any atom is 0.325 e. The zero-order chi connectivity index (χ0) is 13.1. The van der Waals surface area contributed by atoms with Gasteiger partial charge in [0.15, 0.2) is 0 Å². The highest BCUT2D eigenvalue weighted by atomic mass is 31.2. The lowest BCUT2D eigenvalue weighted by atomic mass is 9.99. The Morgan fingerprint density at radius 2 is 1.88 bits per heavy atom. The Kier molecular flexibility index (Phi) is 4.92. The van der Waals surface area contributed by atoms with Crippen LogP contribution in [0.3, 0.4) is 0 Å². The van der Waals surface area contributed by atoms with E-state index in [4.69, 9.17) is 9.79 Å². The third kappa shape index (κ3) is 4.92. The predicted octanol–water partition coefficient (Wildman–Crippen LogP) is 1.37. The lowest BCUT2D eigenvalue weighted by Gasteiger charge is -2.36. The molecule has 0 aromatic rings. The van der Waals surface area contributed by atoms with Crippen LogP contribution < -0.4 is 0 Å². The highest BCUT2D eigenvalue weighted by molar-refractivity contribution is 7.51. The minimum Gasteiger partial charge on any atom is -0.337 e. The quantitative estimate of drug-likeness (QED) is 0.569. The summed E-state index contributed by atoms with van der Waals surface area (Å²) in [5, 5.41) is 0. The van der Waals surface area contributed by atoms with Crippen molar-refractivity contribution in [2.45, 2.75) is 32.7 Å². The molecule has 0 aromatic carbocycles. The van der Waals surface area contributed by atoms with Crippen molar-refractivity contribution >= 4 is 13.5 Å². The van der Waals surface area contributed by atoms with Gasteiger partial charge >= 0.3 is 7.60 Å². The van der Waals surface area contributed by atoms with E-state index in [0.717, 1.165) is 0 Å². The number of hydrogen-bond acceptors (Lipinski definition) is 2. The molecule has 0 radical (unpaired) electrons. The molecule has 16 heavy (non-hydrogen) atoms. The average molecular weight is 249 g/mol. The maximum atomic E-state index is 11.6. The van der Waals surface area contributed by atoms with E-state index < -0.39 is 13.1 Å². The molecule has 0 unspecified atom stereocenters. The zero-order valence-electron chi connectivity index (χ0n) is 10.2. The summed E-state index contributed by atoms with van der Waals surface area (Å²) in [5.74, 6) is -0.212. The van der Waals surface area contributed by atoms with Gasteiger partial charge in [-0.05, 0) is 27.2 Å². The van der Waals surface area contributed by atoms with Crippen LogP contribution in [0.25, 0.3) is 0 Å². The molecule has 6 heteroatoms. The fraction of sp³-hybridized carbons (Fsp3) is 0.700. The number of amides is 1. The van der Waals surface area contributed by atoms with E-state index >= 15 is 0 Å². The van der Waals surface area contributed by atoms with E-state index in [2.05, 4.69) is 6.58 Å². The molecular formula is C10H20NO4P. The van der Waals surface area contributed by atoms with Gasteiger partial charge in [0.05, 0.1) is 6.16 Å². The molecular weight excluding hydrogens is 229 g/mol. The predicted molar refractivity (Wildman–Crippen MR) is 63.2 cm³/mol. The molecule has 5 nitrogen and oxygen atoms in total. The number of nitrogens with zero attached hydrogens (tertiary/aromatic N) is 1. The smallest absolute Gasteiger partial charge is 0.325 e. The van der Waals surface area contributed by atoms with Crippen LogP contribution in [0.15, 0.2) is 12.2 Å². The number of carbonyl (C=O) groups excluding carboxylic acids is 1. The summed E-state index contributed by atoms with van der Waals surface area (Å²) in [5.41, 5.74) is -0.191. The van der Waals surface area contributed by atoms with Crippen molar-refractivity contribution in [2.24, 2.45) is 0 Å². The van der Waals surface area contributed by atoms with Crippen LogP contribution in [0.1, 0.15) is 27.2 Å². The van der Waals surface area contributed by atoms with Gasteiger partial charge < -0.3 is 14.7 Å². The summed E-state index contributed by atoms with van der Waals surface area (Å²) in [4.78, 5) is 30.7. The Morgan fingerprint density at radius 3 is 2.19 bits per heavy atom. The molecule has 0 saturated carbocycles. The average Bonchev–Trinajstić information content (AvgIpc) is 2.11. The molecule has 0 heterocycles. The van der Waals surface area contributed by atoms with Crippen LogP contribution in [-0.4, -0.2) is 39.3 Å². The van der Waals surface area contributed by atoms with Crippen LogP contribution in [0.2, 0.25) is 0 Å². The highest BCUT2D eigenvalue weighted by Crippen LogP contribution is 2.37. The molecule has 0 atom stereocenters. The second-order valence-electron chi connectivity index (χ2n) is 4.60. The molecule has 0 aromatic heterocycles. The molecule has 0 bridgehead atoms. The fourth-order valence-electron chi connectivity index (χ4n) is 1.15. The molecule has 0 spiro atoms. The topological polar surface area (TPSA) is 77.8 Å². The normalized spacial score (nSPS) is 12.4. The van der Waals surface area contributed by atoms with E-state index in [9.17, 15) is 9.36 Å². The van der Waals surface area contributed by atoms with Crippen LogP contribution in [-0.2, 0) is 9.36 Å². The van der Waals surface area contributed by atoms with E-state index in [0.29, 0.717) is 5.57 Å². The Morgan fingerprint density at radius 1 is 1.44 bits per heavy atom. The van der Waals surface area contributed by atoms with E-state index in [-0.39, 0.29) is 18.5 Å². The number of likely N-dealkylation sites (N-methyl/N-ethyl adjacent to an activating group) is 1. The van der Waals surface area contributed by atoms with Crippen molar-refractivity contribution in [3.8, 4) is 0 Å². The Hall–Kier alpha value is -0.640. The van der Waals surface area contributed by atoms with Crippen LogP contribution in [0.5, 0.6) is 0 Å². The van der Waals surface area contributed by atoms with Crippen molar-refractivity contribution in [1.29, 1.82) is 0 Å². The highest BCUT2D eigenvalue weighted by Gasteiger charge is 2.30. The lowest BCUT2D eigenvalue weighted by molar-refractivity contribution is -0.130. The Balaban J connectivity index is 4.60. The third-order valence-corrected chi connectivity index (χ3v) is 3.40. The number of hydrogen-bond donors (Lipinski definition) is 2. The summed E-state index contributed by atoms with van der Waals surface area (Å²) >= 11 is 0. The van der Waals surface area contributed by atoms with E-state index in [1.54, 1.807) is 27.8 Å². The van der Waals surface area contributed by atoms with Crippen molar-refractivity contribution in [2.75, 3.05) is 13.2 Å². The molecule has 0 aliphatic carbocycles. The van der Waals surface area contributed by atoms with Crippen LogP contribution >= 0.6 is 7.60 Å². The first kappa shape index (κ1) is 15.4. The molecule has 94 valence electrons. The molecule has 1 amide bonds. The van der Waals surface area contributed by atoms with Gasteiger partial charge in [-0.1, -0.05) is 6.58 Å². The molecule has 0 saturated heterocycles. The van der Waals surface area contributed by atoms with Crippen LogP contribution in [0.4, 0.5) is 0 Å². The van der Waals surface area contributed by atoms with Gasteiger partial charge in [0.2, 0.25) is 5.91 Å². The first-order valence-corrected chi connectivity index (χ1v) is 6.75. The first-order valence-electron chi connectivity index (χ1n) is 4.95. The molecule has 0 rings (SSSR count). The lowest BCUT2D eigenvalue weighted by Crippen LogP contribution is -2.45. The van der Waals surface area contributed by atoms with Gasteiger partial charge in [-0.3, -0.25) is 9.36 Å². The van der Waals surface area contributed by atoms with Crippen molar-refractivity contribution < 1.29 is 19.1 Å². The zero-order valence-corrected chi connectivity index (χ0v) is 11.1. The molecule has 0 aliphatic heterocycles. The van der Waals surface area contributed by atoms with E-state index in [1.165, 1.54) is 4.90 Å². The van der Waals surface area contributed by atoms with Gasteiger partial charge in [-0.25, -0.2) is 0 Å². The SMILES string of the molecule is C=C(C)C(=O)N(C)C(C)(C)CCP(=O)(O)O. The first-order chi connectivity index (χ1) is 6.97.